The van der Waals surface area contributed by atoms with E-state index in [1.165, 1.54) is 5.56 Å². The first kappa shape index (κ1) is 20.3. The van der Waals surface area contributed by atoms with Crippen LogP contribution in [0, 0.1) is 0 Å². The number of aliphatic hydroxyl groups excluding tert-OH is 1. The molecule has 0 radical (unpaired) electrons. The number of hydrogen-bond donors (Lipinski definition) is 3. The number of rotatable bonds is 6. The maximum absolute atomic E-state index is 12.9. The number of aliphatic carboxylic acids is 1. The number of allylic oxidation sites excluding steroid dienone is 1. The number of aliphatic hydroxyl groups is 1. The molecule has 1 aliphatic carbocycles. The van der Waals surface area contributed by atoms with Crippen molar-refractivity contribution in [3.05, 3.63) is 82.1 Å². The third kappa shape index (κ3) is 4.06. The van der Waals surface area contributed by atoms with Gasteiger partial charge in [0.05, 0.1) is 0 Å². The highest BCUT2D eigenvalue weighted by atomic mass is 16.4. The third-order valence-electron chi connectivity index (χ3n) is 5.23. The van der Waals surface area contributed by atoms with Crippen LogP contribution in [-0.2, 0) is 27.8 Å². The van der Waals surface area contributed by atoms with Gasteiger partial charge in [-0.25, -0.2) is 0 Å². The van der Waals surface area contributed by atoms with E-state index in [1.807, 2.05) is 30.3 Å². The fourth-order valence-electron chi connectivity index (χ4n) is 3.53. The summed E-state index contributed by atoms with van der Waals surface area (Å²) in [4.78, 5) is 35.9. The average Bonchev–Trinajstić information content (AvgIpc) is 2.70. The van der Waals surface area contributed by atoms with Crippen LogP contribution in [0.15, 0.2) is 59.9 Å². The fraction of sp³-hybridized carbons (Fsp3) is 0.261. The first-order valence-electron chi connectivity index (χ1n) is 9.37. The smallest absolute Gasteiger partial charge is 0.322 e. The number of nitrogens with one attached hydrogen (secondary N) is 1. The largest absolute Gasteiger partial charge is 0.510 e. The minimum atomic E-state index is -1.23. The van der Waals surface area contributed by atoms with Gasteiger partial charge >= 0.3 is 5.97 Å². The Morgan fingerprint density at radius 3 is 2.31 bits per heavy atom. The third-order valence-corrected chi connectivity index (χ3v) is 5.23. The second-order valence-electron chi connectivity index (χ2n) is 7.62. The Hall–Kier alpha value is -3.41. The molecule has 0 aromatic heterocycles. The lowest BCUT2D eigenvalue weighted by atomic mass is 9.71. The van der Waals surface area contributed by atoms with E-state index in [4.69, 9.17) is 5.11 Å². The molecule has 1 amide bonds. The van der Waals surface area contributed by atoms with Crippen LogP contribution >= 0.6 is 0 Å². The summed E-state index contributed by atoms with van der Waals surface area (Å²) in [5, 5.41) is 21.6. The SMILES string of the molecule is CC1(C)C(O)=C(C(=O)NCC(=O)O)C(=O)c2ccc(CCc3ccccc3)cc21. The summed E-state index contributed by atoms with van der Waals surface area (Å²) in [7, 11) is 0. The normalized spacial score (nSPS) is 15.0. The molecule has 0 bridgehead atoms. The zero-order chi connectivity index (χ0) is 21.2. The summed E-state index contributed by atoms with van der Waals surface area (Å²) in [6.07, 6.45) is 1.62. The minimum absolute atomic E-state index is 0.344. The second kappa shape index (κ2) is 7.91. The van der Waals surface area contributed by atoms with Gasteiger partial charge in [-0.15, -0.1) is 0 Å². The van der Waals surface area contributed by atoms with Crippen LogP contribution in [-0.4, -0.2) is 34.4 Å². The molecule has 0 atom stereocenters. The van der Waals surface area contributed by atoms with Crippen LogP contribution in [0.5, 0.6) is 0 Å². The first-order chi connectivity index (χ1) is 13.7. The van der Waals surface area contributed by atoms with Crippen molar-refractivity contribution in [3.8, 4) is 0 Å². The predicted octanol–water partition coefficient (Wildman–Crippen LogP) is 2.96. The van der Waals surface area contributed by atoms with E-state index in [1.54, 1.807) is 19.9 Å². The molecule has 29 heavy (non-hydrogen) atoms. The highest BCUT2D eigenvalue weighted by molar-refractivity contribution is 6.27. The van der Waals surface area contributed by atoms with E-state index in [2.05, 4.69) is 17.4 Å². The number of aryl methyl sites for hydroxylation is 2. The Balaban J connectivity index is 1.90. The number of carbonyl (C=O) groups excluding carboxylic acids is 2. The second-order valence-corrected chi connectivity index (χ2v) is 7.62. The van der Waals surface area contributed by atoms with Gasteiger partial charge in [0, 0.05) is 11.0 Å². The summed E-state index contributed by atoms with van der Waals surface area (Å²) >= 11 is 0. The van der Waals surface area contributed by atoms with Crippen LogP contribution in [0.2, 0.25) is 0 Å². The van der Waals surface area contributed by atoms with E-state index in [9.17, 15) is 19.5 Å². The van der Waals surface area contributed by atoms with Crippen molar-refractivity contribution in [3.63, 3.8) is 0 Å². The van der Waals surface area contributed by atoms with Crippen molar-refractivity contribution in [2.45, 2.75) is 32.1 Å². The van der Waals surface area contributed by atoms with Crippen LogP contribution in [0.1, 0.15) is 40.9 Å². The number of benzene rings is 2. The van der Waals surface area contributed by atoms with Crippen LogP contribution in [0.25, 0.3) is 0 Å². The Morgan fingerprint density at radius 2 is 1.66 bits per heavy atom. The molecule has 0 aliphatic heterocycles. The zero-order valence-corrected chi connectivity index (χ0v) is 16.4. The molecule has 6 heteroatoms. The minimum Gasteiger partial charge on any atom is -0.510 e. The van der Waals surface area contributed by atoms with Crippen molar-refractivity contribution in [1.29, 1.82) is 0 Å². The molecule has 0 fully saturated rings. The average molecular weight is 393 g/mol. The maximum Gasteiger partial charge on any atom is 0.322 e. The van der Waals surface area contributed by atoms with E-state index >= 15 is 0 Å². The molecule has 0 heterocycles. The van der Waals surface area contributed by atoms with Crippen LogP contribution in [0.3, 0.4) is 0 Å². The zero-order valence-electron chi connectivity index (χ0n) is 16.4. The number of hydrogen-bond acceptors (Lipinski definition) is 4. The van der Waals surface area contributed by atoms with E-state index in [0.29, 0.717) is 11.1 Å². The number of carbonyl (C=O) groups is 3. The highest BCUT2D eigenvalue weighted by Crippen LogP contribution is 2.40. The van der Waals surface area contributed by atoms with E-state index in [-0.39, 0.29) is 5.76 Å². The number of fused-ring (bicyclic) bond motifs is 1. The van der Waals surface area contributed by atoms with Crippen molar-refractivity contribution < 1.29 is 24.6 Å². The first-order valence-corrected chi connectivity index (χ1v) is 9.37. The van der Waals surface area contributed by atoms with Crippen molar-refractivity contribution >= 4 is 17.7 Å². The molecule has 2 aromatic carbocycles. The summed E-state index contributed by atoms with van der Waals surface area (Å²) in [5.41, 5.74) is 1.88. The van der Waals surface area contributed by atoms with E-state index < -0.39 is 35.2 Å². The van der Waals surface area contributed by atoms with Gasteiger partial charge in [-0.2, -0.15) is 0 Å². The lowest BCUT2D eigenvalue weighted by molar-refractivity contribution is -0.137. The molecule has 0 saturated carbocycles. The molecular formula is C23H23NO5. The van der Waals surface area contributed by atoms with Gasteiger partial charge in [0.15, 0.2) is 0 Å². The quantitative estimate of drug-likeness (QED) is 0.655. The van der Waals surface area contributed by atoms with Gasteiger partial charge in [0.1, 0.15) is 17.9 Å². The fourth-order valence-corrected chi connectivity index (χ4v) is 3.53. The summed E-state index contributed by atoms with van der Waals surface area (Å²) in [6.45, 7) is 2.84. The van der Waals surface area contributed by atoms with Crippen LogP contribution < -0.4 is 5.32 Å². The Bertz CT molecular complexity index is 1010. The lowest BCUT2D eigenvalue weighted by Crippen LogP contribution is -2.39. The molecule has 0 unspecified atom stereocenters. The molecule has 0 spiro atoms. The standard InChI is InChI=1S/C23H23NO5/c1-23(2)17-12-15(9-8-14-6-4-3-5-7-14)10-11-16(17)20(27)19(21(23)28)22(29)24-13-18(25)26/h3-7,10-12,28H,8-9,13H2,1-2H3,(H,24,29)(H,25,26). The number of amides is 1. The van der Waals surface area contributed by atoms with Crippen LogP contribution in [0.4, 0.5) is 0 Å². The number of carboxylic acids is 1. The molecule has 3 N–H and O–H groups in total. The lowest BCUT2D eigenvalue weighted by Gasteiger charge is -2.33. The van der Waals surface area contributed by atoms with Crippen molar-refractivity contribution in [1.82, 2.24) is 5.32 Å². The Kier molecular flexibility index (Phi) is 5.55. The number of carboxylic acid groups (broad SMARTS) is 1. The number of ketones is 1. The van der Waals surface area contributed by atoms with Crippen molar-refractivity contribution in [2.75, 3.05) is 6.54 Å². The van der Waals surface area contributed by atoms with Gasteiger partial charge in [-0.1, -0.05) is 48.5 Å². The molecule has 6 nitrogen and oxygen atoms in total. The Morgan fingerprint density at radius 1 is 1.00 bits per heavy atom. The number of Topliss-reactive ketones (excluding diaryl/α,β-unsaturated/α-hetero) is 1. The molecule has 2 aromatic rings. The predicted molar refractivity (Wildman–Crippen MR) is 108 cm³/mol. The summed E-state index contributed by atoms with van der Waals surface area (Å²) in [6, 6.07) is 15.5. The molecule has 150 valence electrons. The monoisotopic (exact) mass is 393 g/mol. The van der Waals surface area contributed by atoms with Gasteiger partial charge in [-0.3, -0.25) is 14.4 Å². The topological polar surface area (TPSA) is 104 Å². The maximum atomic E-state index is 12.9. The molecule has 3 rings (SSSR count). The van der Waals surface area contributed by atoms with E-state index in [0.717, 1.165) is 18.4 Å². The molecule has 1 aliphatic rings. The van der Waals surface area contributed by atoms with Gasteiger partial charge in [0.25, 0.3) is 5.91 Å². The molecular weight excluding hydrogens is 370 g/mol. The van der Waals surface area contributed by atoms with Gasteiger partial charge in [0.2, 0.25) is 5.78 Å². The van der Waals surface area contributed by atoms with Crippen molar-refractivity contribution in [2.24, 2.45) is 0 Å². The highest BCUT2D eigenvalue weighted by Gasteiger charge is 2.41. The Labute approximate surface area is 168 Å². The van der Waals surface area contributed by atoms with Gasteiger partial charge < -0.3 is 15.5 Å². The van der Waals surface area contributed by atoms with Gasteiger partial charge in [-0.05, 0) is 43.4 Å². The summed E-state index contributed by atoms with van der Waals surface area (Å²) < 4.78 is 0. The molecule has 0 saturated heterocycles. The summed E-state index contributed by atoms with van der Waals surface area (Å²) in [5.74, 6) is -3.07.